The molecule has 1 aromatic carbocycles. The molecule has 1 heterocycles. The van der Waals surface area contributed by atoms with Crippen LogP contribution in [0.1, 0.15) is 24.2 Å². The summed E-state index contributed by atoms with van der Waals surface area (Å²) in [6, 6.07) is 5.04. The lowest BCUT2D eigenvalue weighted by molar-refractivity contribution is 0.0915. The van der Waals surface area contributed by atoms with Gasteiger partial charge in [0.2, 0.25) is 0 Å². The number of hydrogen-bond donors (Lipinski definition) is 2. The van der Waals surface area contributed by atoms with Gasteiger partial charge in [-0.3, -0.25) is 4.79 Å². The number of hydrogen-bond acceptors (Lipinski definition) is 4. The van der Waals surface area contributed by atoms with E-state index in [1.54, 1.807) is 18.2 Å². The largest absolute Gasteiger partial charge is 0.486 e. The molecule has 1 aromatic rings. The zero-order valence-electron chi connectivity index (χ0n) is 11.2. The van der Waals surface area contributed by atoms with Crippen molar-refractivity contribution in [1.29, 1.82) is 0 Å². The Bertz CT molecular complexity index is 461. The van der Waals surface area contributed by atoms with E-state index in [9.17, 15) is 4.79 Å². The fourth-order valence-corrected chi connectivity index (χ4v) is 1.78. The molecule has 0 spiro atoms. The molecule has 2 rings (SSSR count). The zero-order chi connectivity index (χ0) is 13.8. The number of amides is 1. The van der Waals surface area contributed by atoms with E-state index in [4.69, 9.17) is 14.6 Å². The summed E-state index contributed by atoms with van der Waals surface area (Å²) in [5.74, 6) is 1.10. The number of carbonyl (C=O) groups excluding carboxylic acids is 1. The molecule has 0 aliphatic carbocycles. The summed E-state index contributed by atoms with van der Waals surface area (Å²) in [4.78, 5) is 12.1. The lowest BCUT2D eigenvalue weighted by Crippen LogP contribution is -2.38. The number of nitrogens with one attached hydrogen (secondary N) is 1. The molecule has 0 aromatic heterocycles. The number of ether oxygens (including phenoxy) is 2. The van der Waals surface area contributed by atoms with Crippen molar-refractivity contribution >= 4 is 5.91 Å². The quantitative estimate of drug-likeness (QED) is 0.858. The van der Waals surface area contributed by atoms with Gasteiger partial charge < -0.3 is 19.9 Å². The minimum Gasteiger partial charge on any atom is -0.486 e. The summed E-state index contributed by atoms with van der Waals surface area (Å²) >= 11 is 0. The summed E-state index contributed by atoms with van der Waals surface area (Å²) in [5.41, 5.74) is 0.529. The van der Waals surface area contributed by atoms with E-state index in [2.05, 4.69) is 5.32 Å². The third-order valence-corrected chi connectivity index (χ3v) is 3.30. The Morgan fingerprint density at radius 3 is 2.68 bits per heavy atom. The van der Waals surface area contributed by atoms with E-state index in [0.29, 0.717) is 30.3 Å². The lowest BCUT2D eigenvalue weighted by Gasteiger charge is -2.21. The van der Waals surface area contributed by atoms with Crippen LogP contribution in [0.3, 0.4) is 0 Å². The molecule has 0 saturated carbocycles. The third kappa shape index (κ3) is 3.17. The average Bonchev–Trinajstić information content (AvgIpc) is 2.45. The van der Waals surface area contributed by atoms with E-state index in [1.165, 1.54) is 0 Å². The predicted molar refractivity (Wildman–Crippen MR) is 70.6 cm³/mol. The van der Waals surface area contributed by atoms with E-state index in [0.717, 1.165) is 0 Å². The smallest absolute Gasteiger partial charge is 0.251 e. The van der Waals surface area contributed by atoms with Gasteiger partial charge in [0.1, 0.15) is 13.2 Å². The maximum Gasteiger partial charge on any atom is 0.251 e. The van der Waals surface area contributed by atoms with Crippen LogP contribution in [0, 0.1) is 5.92 Å². The van der Waals surface area contributed by atoms with Gasteiger partial charge in [-0.2, -0.15) is 0 Å². The third-order valence-electron chi connectivity index (χ3n) is 3.30. The monoisotopic (exact) mass is 265 g/mol. The molecule has 0 radical (unpaired) electrons. The number of fused-ring (bicyclic) bond motifs is 1. The molecular weight excluding hydrogens is 246 g/mol. The second-order valence-electron chi connectivity index (χ2n) is 4.78. The van der Waals surface area contributed by atoms with E-state index < -0.39 is 0 Å². The van der Waals surface area contributed by atoms with Crippen molar-refractivity contribution in [2.45, 2.75) is 19.9 Å². The van der Waals surface area contributed by atoms with Gasteiger partial charge in [0.15, 0.2) is 11.5 Å². The highest BCUT2D eigenvalue weighted by Crippen LogP contribution is 2.30. The van der Waals surface area contributed by atoms with Gasteiger partial charge >= 0.3 is 0 Å². The van der Waals surface area contributed by atoms with Gasteiger partial charge in [0.25, 0.3) is 5.91 Å². The van der Waals surface area contributed by atoms with Crippen molar-refractivity contribution in [2.75, 3.05) is 19.8 Å². The summed E-state index contributed by atoms with van der Waals surface area (Å²) in [5, 5.41) is 11.9. The first-order chi connectivity index (χ1) is 9.11. The Morgan fingerprint density at radius 1 is 1.32 bits per heavy atom. The predicted octanol–water partition coefficient (Wildman–Crippen LogP) is 1.20. The van der Waals surface area contributed by atoms with Crippen molar-refractivity contribution in [3.63, 3.8) is 0 Å². The number of aliphatic hydroxyl groups excluding tert-OH is 1. The molecule has 0 bridgehead atoms. The number of benzene rings is 1. The molecule has 1 aliphatic heterocycles. The Kier molecular flexibility index (Phi) is 4.27. The highest BCUT2D eigenvalue weighted by atomic mass is 16.6. The molecule has 104 valence electrons. The van der Waals surface area contributed by atoms with Gasteiger partial charge in [0.05, 0.1) is 0 Å². The SMILES string of the molecule is CC(CO)C(C)NC(=O)c1ccc2c(c1)OCCO2. The van der Waals surface area contributed by atoms with Crippen LogP contribution in [0.4, 0.5) is 0 Å². The van der Waals surface area contributed by atoms with Crippen LogP contribution in [-0.2, 0) is 0 Å². The van der Waals surface area contributed by atoms with Gasteiger partial charge in [-0.1, -0.05) is 6.92 Å². The highest BCUT2D eigenvalue weighted by Gasteiger charge is 2.18. The first-order valence-electron chi connectivity index (χ1n) is 6.43. The fourth-order valence-electron chi connectivity index (χ4n) is 1.78. The maximum atomic E-state index is 12.1. The molecule has 2 atom stereocenters. The second kappa shape index (κ2) is 5.93. The van der Waals surface area contributed by atoms with Crippen LogP contribution in [0.25, 0.3) is 0 Å². The van der Waals surface area contributed by atoms with Crippen LogP contribution < -0.4 is 14.8 Å². The van der Waals surface area contributed by atoms with Crippen molar-refractivity contribution in [2.24, 2.45) is 5.92 Å². The number of aliphatic hydroxyl groups is 1. The molecule has 19 heavy (non-hydrogen) atoms. The molecule has 1 aliphatic rings. The fraction of sp³-hybridized carbons (Fsp3) is 0.500. The average molecular weight is 265 g/mol. The van der Waals surface area contributed by atoms with Crippen LogP contribution in [0.15, 0.2) is 18.2 Å². The van der Waals surface area contributed by atoms with Gasteiger partial charge in [-0.05, 0) is 31.0 Å². The van der Waals surface area contributed by atoms with Crippen LogP contribution in [0.2, 0.25) is 0 Å². The summed E-state index contributed by atoms with van der Waals surface area (Å²) in [6.07, 6.45) is 0. The van der Waals surface area contributed by atoms with E-state index in [1.807, 2.05) is 13.8 Å². The molecule has 0 saturated heterocycles. The normalized spacial score (nSPS) is 16.6. The second-order valence-corrected chi connectivity index (χ2v) is 4.78. The molecule has 2 N–H and O–H groups in total. The van der Waals surface area contributed by atoms with Crippen LogP contribution in [-0.4, -0.2) is 36.9 Å². The number of rotatable bonds is 4. The van der Waals surface area contributed by atoms with Crippen LogP contribution >= 0.6 is 0 Å². The van der Waals surface area contributed by atoms with Gasteiger partial charge in [0, 0.05) is 18.2 Å². The van der Waals surface area contributed by atoms with E-state index >= 15 is 0 Å². The summed E-state index contributed by atoms with van der Waals surface area (Å²) in [7, 11) is 0. The maximum absolute atomic E-state index is 12.1. The Hall–Kier alpha value is -1.75. The molecular formula is C14H19NO4. The minimum absolute atomic E-state index is 0.0150. The molecule has 5 heteroatoms. The molecule has 5 nitrogen and oxygen atoms in total. The Labute approximate surface area is 112 Å². The van der Waals surface area contributed by atoms with Crippen molar-refractivity contribution in [3.05, 3.63) is 23.8 Å². The topological polar surface area (TPSA) is 67.8 Å². The minimum atomic E-state index is -0.176. The number of carbonyl (C=O) groups is 1. The van der Waals surface area contributed by atoms with E-state index in [-0.39, 0.29) is 24.5 Å². The summed E-state index contributed by atoms with van der Waals surface area (Å²) < 4.78 is 10.8. The van der Waals surface area contributed by atoms with Crippen molar-refractivity contribution in [3.8, 4) is 11.5 Å². The Morgan fingerprint density at radius 2 is 2.00 bits per heavy atom. The zero-order valence-corrected chi connectivity index (χ0v) is 11.2. The van der Waals surface area contributed by atoms with Crippen LogP contribution in [0.5, 0.6) is 11.5 Å². The highest BCUT2D eigenvalue weighted by molar-refractivity contribution is 5.95. The molecule has 2 unspecified atom stereocenters. The van der Waals surface area contributed by atoms with Crippen molar-refractivity contribution in [1.82, 2.24) is 5.32 Å². The van der Waals surface area contributed by atoms with Crippen molar-refractivity contribution < 1.29 is 19.4 Å². The first kappa shape index (κ1) is 13.7. The van der Waals surface area contributed by atoms with Gasteiger partial charge in [-0.25, -0.2) is 0 Å². The Balaban J connectivity index is 2.07. The van der Waals surface area contributed by atoms with Gasteiger partial charge in [-0.15, -0.1) is 0 Å². The standard InChI is InChI=1S/C14H19NO4/c1-9(8-16)10(2)15-14(17)11-3-4-12-13(7-11)19-6-5-18-12/h3-4,7,9-10,16H,5-6,8H2,1-2H3,(H,15,17). The lowest BCUT2D eigenvalue weighted by atomic mass is 10.0. The summed E-state index contributed by atoms with van der Waals surface area (Å²) in [6.45, 7) is 4.83. The molecule has 0 fully saturated rings. The molecule has 1 amide bonds. The first-order valence-corrected chi connectivity index (χ1v) is 6.43.